The van der Waals surface area contributed by atoms with Crippen LogP contribution in [-0.2, 0) is 9.53 Å². The fourth-order valence-electron chi connectivity index (χ4n) is 1.57. The lowest BCUT2D eigenvalue weighted by Crippen LogP contribution is -2.54. The van der Waals surface area contributed by atoms with E-state index in [1.165, 1.54) is 0 Å². The SMILES string of the molecule is O=C(NC[C@@H]1CC([N+](=O)[O-])C(O)[C@H](O)O1)C(Cl)Cl. The molecule has 1 fully saturated rings. The first-order chi connectivity index (χ1) is 8.32. The van der Waals surface area contributed by atoms with Gasteiger partial charge in [-0.05, 0) is 0 Å². The van der Waals surface area contributed by atoms with E-state index in [1.807, 2.05) is 0 Å². The van der Waals surface area contributed by atoms with Crippen LogP contribution in [0.25, 0.3) is 0 Å². The third kappa shape index (κ3) is 3.92. The van der Waals surface area contributed by atoms with Crippen molar-refractivity contribution in [1.82, 2.24) is 5.32 Å². The second kappa shape index (κ2) is 6.48. The van der Waals surface area contributed by atoms with Crippen molar-refractivity contribution >= 4 is 29.1 Å². The van der Waals surface area contributed by atoms with Crippen molar-refractivity contribution in [1.29, 1.82) is 0 Å². The monoisotopic (exact) mass is 302 g/mol. The predicted molar refractivity (Wildman–Crippen MR) is 60.8 cm³/mol. The van der Waals surface area contributed by atoms with Crippen molar-refractivity contribution in [2.45, 2.75) is 35.8 Å². The number of hydrogen-bond donors (Lipinski definition) is 3. The molecule has 1 rings (SSSR count). The minimum Gasteiger partial charge on any atom is -0.381 e. The zero-order valence-corrected chi connectivity index (χ0v) is 10.5. The van der Waals surface area contributed by atoms with Gasteiger partial charge in [0.1, 0.15) is 0 Å². The number of aliphatic hydroxyl groups is 2. The van der Waals surface area contributed by atoms with Crippen molar-refractivity contribution in [3.05, 3.63) is 10.1 Å². The van der Waals surface area contributed by atoms with Gasteiger partial charge in [-0.1, -0.05) is 23.2 Å². The molecule has 0 bridgehead atoms. The molecule has 2 unspecified atom stereocenters. The Morgan fingerprint density at radius 2 is 2.17 bits per heavy atom. The zero-order chi connectivity index (χ0) is 13.9. The quantitative estimate of drug-likeness (QED) is 0.348. The van der Waals surface area contributed by atoms with E-state index >= 15 is 0 Å². The van der Waals surface area contributed by atoms with E-state index in [0.717, 1.165) is 0 Å². The Balaban J connectivity index is 2.53. The lowest BCUT2D eigenvalue weighted by Gasteiger charge is -2.32. The number of carbonyl (C=O) groups is 1. The lowest BCUT2D eigenvalue weighted by atomic mass is 10.00. The highest BCUT2D eigenvalue weighted by atomic mass is 35.5. The molecule has 10 heteroatoms. The molecule has 1 heterocycles. The van der Waals surface area contributed by atoms with Gasteiger partial charge in [-0.25, -0.2) is 0 Å². The molecule has 0 aromatic heterocycles. The third-order valence-electron chi connectivity index (χ3n) is 2.50. The fraction of sp³-hybridized carbons (Fsp3) is 0.875. The summed E-state index contributed by atoms with van der Waals surface area (Å²) >= 11 is 10.6. The molecular formula is C8H12Cl2N2O6. The van der Waals surface area contributed by atoms with Crippen LogP contribution in [0.1, 0.15) is 6.42 Å². The van der Waals surface area contributed by atoms with Crippen LogP contribution < -0.4 is 5.32 Å². The number of halogens is 2. The second-order valence-corrected chi connectivity index (χ2v) is 4.87. The summed E-state index contributed by atoms with van der Waals surface area (Å²) in [5.74, 6) is -0.666. The number of rotatable bonds is 4. The highest BCUT2D eigenvalue weighted by molar-refractivity contribution is 6.53. The molecule has 1 amide bonds. The minimum atomic E-state index is -1.67. The van der Waals surface area contributed by atoms with E-state index in [-0.39, 0.29) is 13.0 Å². The van der Waals surface area contributed by atoms with Crippen LogP contribution in [0.2, 0.25) is 0 Å². The van der Waals surface area contributed by atoms with Crippen LogP contribution in [0.3, 0.4) is 0 Å². The normalized spacial score (nSPS) is 32.3. The Morgan fingerprint density at radius 3 is 2.67 bits per heavy atom. The molecule has 4 atom stereocenters. The summed E-state index contributed by atoms with van der Waals surface area (Å²) in [5.41, 5.74) is 0. The Hall–Kier alpha value is -0.670. The fourth-order valence-corrected chi connectivity index (χ4v) is 1.72. The molecular weight excluding hydrogens is 291 g/mol. The predicted octanol–water partition coefficient (Wildman–Crippen LogP) is -0.980. The maximum atomic E-state index is 11.1. The van der Waals surface area contributed by atoms with Crippen LogP contribution in [0, 0.1) is 10.1 Å². The second-order valence-electron chi connectivity index (χ2n) is 3.77. The van der Waals surface area contributed by atoms with E-state index in [9.17, 15) is 25.1 Å². The van der Waals surface area contributed by atoms with Gasteiger partial charge in [0, 0.05) is 17.9 Å². The molecule has 0 saturated carbocycles. The number of hydrogen-bond acceptors (Lipinski definition) is 6. The molecule has 8 nitrogen and oxygen atoms in total. The Labute approximate surface area is 112 Å². The third-order valence-corrected chi connectivity index (χ3v) is 2.89. The highest BCUT2D eigenvalue weighted by Gasteiger charge is 2.44. The maximum Gasteiger partial charge on any atom is 0.253 e. The topological polar surface area (TPSA) is 122 Å². The molecule has 0 aromatic carbocycles. The minimum absolute atomic E-state index is 0.0944. The first-order valence-electron chi connectivity index (χ1n) is 5.04. The van der Waals surface area contributed by atoms with Gasteiger partial charge in [0.05, 0.1) is 6.10 Å². The number of amides is 1. The number of nitrogens with one attached hydrogen (secondary N) is 1. The van der Waals surface area contributed by atoms with Gasteiger partial charge in [-0.2, -0.15) is 0 Å². The first-order valence-corrected chi connectivity index (χ1v) is 5.91. The van der Waals surface area contributed by atoms with Crippen LogP contribution in [0.5, 0.6) is 0 Å². The summed E-state index contributed by atoms with van der Waals surface area (Å²) < 4.78 is 4.91. The van der Waals surface area contributed by atoms with E-state index in [4.69, 9.17) is 27.9 Å². The van der Waals surface area contributed by atoms with E-state index in [2.05, 4.69) is 5.32 Å². The van der Waals surface area contributed by atoms with Gasteiger partial charge in [0.2, 0.25) is 6.04 Å². The summed E-state index contributed by atoms with van der Waals surface area (Å²) in [6.07, 6.45) is -4.20. The van der Waals surface area contributed by atoms with Crippen molar-refractivity contribution in [3.63, 3.8) is 0 Å². The molecule has 1 aliphatic heterocycles. The number of nitro groups is 1. The Bertz CT molecular complexity index is 329. The van der Waals surface area contributed by atoms with Crippen LogP contribution in [0.15, 0.2) is 0 Å². The van der Waals surface area contributed by atoms with Crippen molar-refractivity contribution < 1.29 is 24.7 Å². The zero-order valence-electron chi connectivity index (χ0n) is 9.03. The lowest BCUT2D eigenvalue weighted by molar-refractivity contribution is -0.550. The van der Waals surface area contributed by atoms with E-state index in [1.54, 1.807) is 0 Å². The number of aliphatic hydroxyl groups excluding tert-OH is 2. The molecule has 104 valence electrons. The Kier molecular flexibility index (Phi) is 5.54. The summed E-state index contributed by atoms with van der Waals surface area (Å²) in [7, 11) is 0. The van der Waals surface area contributed by atoms with Crippen LogP contribution in [-0.4, -0.2) is 57.0 Å². The average molecular weight is 303 g/mol. The van der Waals surface area contributed by atoms with E-state index < -0.39 is 40.2 Å². The van der Waals surface area contributed by atoms with Gasteiger partial charge >= 0.3 is 0 Å². The smallest absolute Gasteiger partial charge is 0.253 e. The summed E-state index contributed by atoms with van der Waals surface area (Å²) in [4.78, 5) is 19.8. The summed E-state index contributed by atoms with van der Waals surface area (Å²) in [5, 5.41) is 31.6. The van der Waals surface area contributed by atoms with Gasteiger partial charge in [0.25, 0.3) is 5.91 Å². The Morgan fingerprint density at radius 1 is 1.56 bits per heavy atom. The highest BCUT2D eigenvalue weighted by Crippen LogP contribution is 2.20. The number of alkyl halides is 2. The molecule has 1 saturated heterocycles. The largest absolute Gasteiger partial charge is 0.381 e. The average Bonchev–Trinajstić information content (AvgIpc) is 2.29. The standard InChI is InChI=1S/C8H12Cl2N2O6/c9-6(10)7(14)11-2-3-1-4(12(16)17)5(13)8(15)18-3/h3-6,8,13,15H,1-2H2,(H,11,14)/t3-,4?,5?,8+/m0/s1. The number of nitrogens with zero attached hydrogens (tertiary/aromatic N) is 1. The number of carbonyl (C=O) groups excluding carboxylic acids is 1. The van der Waals surface area contributed by atoms with Crippen molar-refractivity contribution in [3.8, 4) is 0 Å². The summed E-state index contributed by atoms with van der Waals surface area (Å²) in [6.45, 7) is -0.0944. The van der Waals surface area contributed by atoms with Gasteiger partial charge < -0.3 is 20.3 Å². The maximum absolute atomic E-state index is 11.1. The molecule has 0 radical (unpaired) electrons. The first kappa shape index (κ1) is 15.4. The van der Waals surface area contributed by atoms with Gasteiger partial charge in [0.15, 0.2) is 17.2 Å². The molecule has 1 aliphatic rings. The molecule has 0 spiro atoms. The number of ether oxygens (including phenoxy) is 1. The molecule has 0 aromatic rings. The van der Waals surface area contributed by atoms with Gasteiger partial charge in [-0.3, -0.25) is 14.9 Å². The van der Waals surface area contributed by atoms with Crippen LogP contribution in [0.4, 0.5) is 0 Å². The summed E-state index contributed by atoms with van der Waals surface area (Å²) in [6, 6.07) is -1.35. The van der Waals surface area contributed by atoms with Gasteiger partial charge in [-0.15, -0.1) is 0 Å². The van der Waals surface area contributed by atoms with Crippen LogP contribution >= 0.6 is 23.2 Å². The van der Waals surface area contributed by atoms with Crippen molar-refractivity contribution in [2.75, 3.05) is 6.54 Å². The molecule has 0 aliphatic carbocycles. The van der Waals surface area contributed by atoms with Crippen molar-refractivity contribution in [2.24, 2.45) is 0 Å². The molecule has 18 heavy (non-hydrogen) atoms. The van der Waals surface area contributed by atoms with E-state index in [0.29, 0.717) is 0 Å². The molecule has 3 N–H and O–H groups in total.